The lowest BCUT2D eigenvalue weighted by atomic mass is 10.1. The van der Waals surface area contributed by atoms with Crippen molar-refractivity contribution in [1.82, 2.24) is 5.32 Å². The molecule has 4 heteroatoms. The van der Waals surface area contributed by atoms with Crippen molar-refractivity contribution in [2.24, 2.45) is 0 Å². The third-order valence-electron chi connectivity index (χ3n) is 4.51. The molecule has 2 atom stereocenters. The van der Waals surface area contributed by atoms with Crippen LogP contribution in [0.3, 0.4) is 0 Å². The molecule has 0 aromatic heterocycles. The van der Waals surface area contributed by atoms with Gasteiger partial charge >= 0.3 is 0 Å². The van der Waals surface area contributed by atoms with Crippen molar-refractivity contribution in [1.29, 1.82) is 0 Å². The van der Waals surface area contributed by atoms with Crippen LogP contribution in [-0.2, 0) is 9.84 Å². The molecule has 1 N–H and O–H groups in total. The van der Waals surface area contributed by atoms with E-state index in [-0.39, 0.29) is 16.5 Å². The molecule has 3 nitrogen and oxygen atoms in total. The fourth-order valence-electron chi connectivity index (χ4n) is 3.46. The highest BCUT2D eigenvalue weighted by Gasteiger charge is 2.39. The highest BCUT2D eigenvalue weighted by molar-refractivity contribution is 7.92. The van der Waals surface area contributed by atoms with Crippen LogP contribution in [0.4, 0.5) is 0 Å². The van der Waals surface area contributed by atoms with Crippen LogP contribution in [0.25, 0.3) is 0 Å². The number of nitrogens with one attached hydrogen (secondary N) is 1. The summed E-state index contributed by atoms with van der Waals surface area (Å²) in [5, 5.41) is 3.08. The van der Waals surface area contributed by atoms with Gasteiger partial charge in [-0.2, -0.15) is 0 Å². The molecule has 0 aromatic rings. The first kappa shape index (κ1) is 13.3. The molecular formula is C13H25NO2S. The highest BCUT2D eigenvalue weighted by Crippen LogP contribution is 2.32. The molecule has 0 heterocycles. The summed E-state index contributed by atoms with van der Waals surface area (Å²) in [7, 11) is -0.999. The molecule has 0 radical (unpaired) electrons. The average molecular weight is 259 g/mol. The molecule has 2 aliphatic carbocycles. The van der Waals surface area contributed by atoms with E-state index in [0.29, 0.717) is 0 Å². The van der Waals surface area contributed by atoms with Gasteiger partial charge in [-0.05, 0) is 32.7 Å². The third-order valence-corrected chi connectivity index (χ3v) is 7.32. The van der Waals surface area contributed by atoms with Crippen molar-refractivity contribution in [2.75, 3.05) is 7.05 Å². The molecule has 0 amide bonds. The number of hydrogen-bond acceptors (Lipinski definition) is 3. The zero-order chi connectivity index (χ0) is 12.3. The van der Waals surface area contributed by atoms with Gasteiger partial charge in [0.05, 0.1) is 10.5 Å². The maximum absolute atomic E-state index is 12.7. The maximum atomic E-state index is 12.7. The summed E-state index contributed by atoms with van der Waals surface area (Å²) >= 11 is 0. The van der Waals surface area contributed by atoms with Crippen LogP contribution in [0.15, 0.2) is 0 Å². The molecule has 0 saturated heterocycles. The van der Waals surface area contributed by atoms with Crippen LogP contribution in [0.5, 0.6) is 0 Å². The second-order valence-electron chi connectivity index (χ2n) is 5.57. The Morgan fingerprint density at radius 3 is 2.12 bits per heavy atom. The number of hydrogen-bond donors (Lipinski definition) is 1. The first-order valence-electron chi connectivity index (χ1n) is 7.06. The first-order chi connectivity index (χ1) is 8.16. The van der Waals surface area contributed by atoms with E-state index < -0.39 is 9.84 Å². The zero-order valence-electron chi connectivity index (χ0n) is 10.8. The molecule has 2 rings (SSSR count). The lowest BCUT2D eigenvalue weighted by Crippen LogP contribution is -2.45. The molecule has 0 aromatic carbocycles. The van der Waals surface area contributed by atoms with E-state index in [1.165, 1.54) is 12.8 Å². The molecular weight excluding hydrogens is 234 g/mol. The van der Waals surface area contributed by atoms with Gasteiger partial charge < -0.3 is 5.32 Å². The summed E-state index contributed by atoms with van der Waals surface area (Å²) < 4.78 is 25.3. The van der Waals surface area contributed by atoms with Gasteiger partial charge in [-0.15, -0.1) is 0 Å². The largest absolute Gasteiger partial charge is 0.316 e. The molecule has 100 valence electrons. The molecule has 0 aliphatic heterocycles. The highest BCUT2D eigenvalue weighted by atomic mass is 32.2. The Hall–Kier alpha value is -0.0900. The molecule has 17 heavy (non-hydrogen) atoms. The van der Waals surface area contributed by atoms with Gasteiger partial charge in [0.25, 0.3) is 0 Å². The molecule has 2 aliphatic rings. The quantitative estimate of drug-likeness (QED) is 0.791. The Morgan fingerprint density at radius 1 is 0.882 bits per heavy atom. The van der Waals surface area contributed by atoms with Crippen LogP contribution >= 0.6 is 0 Å². The number of sulfone groups is 1. The predicted molar refractivity (Wildman–Crippen MR) is 70.9 cm³/mol. The van der Waals surface area contributed by atoms with Gasteiger partial charge in [0, 0.05) is 6.04 Å². The summed E-state index contributed by atoms with van der Waals surface area (Å²) in [4.78, 5) is 0. The average Bonchev–Trinajstić information content (AvgIpc) is 2.74. The first-order valence-corrected chi connectivity index (χ1v) is 8.67. The third kappa shape index (κ3) is 2.84. The Morgan fingerprint density at radius 2 is 1.47 bits per heavy atom. The van der Waals surface area contributed by atoms with E-state index in [0.717, 1.165) is 44.9 Å². The van der Waals surface area contributed by atoms with E-state index in [2.05, 4.69) is 5.32 Å². The van der Waals surface area contributed by atoms with Gasteiger partial charge in [-0.3, -0.25) is 0 Å². The van der Waals surface area contributed by atoms with Crippen LogP contribution in [0.2, 0.25) is 0 Å². The monoisotopic (exact) mass is 259 g/mol. The normalized spacial score (nSPS) is 32.5. The molecule has 0 bridgehead atoms. The van der Waals surface area contributed by atoms with Gasteiger partial charge in [0.2, 0.25) is 0 Å². The maximum Gasteiger partial charge on any atom is 0.157 e. The Kier molecular flexibility index (Phi) is 4.47. The summed E-state index contributed by atoms with van der Waals surface area (Å²) in [6.45, 7) is 0. The van der Waals surface area contributed by atoms with Crippen molar-refractivity contribution in [3.05, 3.63) is 0 Å². The van der Waals surface area contributed by atoms with E-state index in [1.807, 2.05) is 7.05 Å². The van der Waals surface area contributed by atoms with Crippen molar-refractivity contribution < 1.29 is 8.42 Å². The van der Waals surface area contributed by atoms with Crippen LogP contribution < -0.4 is 5.32 Å². The fraction of sp³-hybridized carbons (Fsp3) is 1.00. The Labute approximate surface area is 105 Å². The second-order valence-corrected chi connectivity index (χ2v) is 8.02. The van der Waals surface area contributed by atoms with E-state index in [4.69, 9.17) is 0 Å². The minimum atomic E-state index is -2.91. The van der Waals surface area contributed by atoms with Crippen LogP contribution in [-0.4, -0.2) is 32.0 Å². The SMILES string of the molecule is CNC1CCCCCC1S(=O)(=O)C1CCCC1. The number of rotatable bonds is 3. The summed E-state index contributed by atoms with van der Waals surface area (Å²) in [6, 6.07) is 0.183. The van der Waals surface area contributed by atoms with Crippen LogP contribution in [0, 0.1) is 0 Å². The minimum absolute atomic E-state index is 0.0403. The summed E-state index contributed by atoms with van der Waals surface area (Å²) in [5.74, 6) is 0. The molecule has 2 saturated carbocycles. The summed E-state index contributed by atoms with van der Waals surface area (Å²) in [6.07, 6.45) is 9.32. The van der Waals surface area contributed by atoms with Gasteiger partial charge in [0.15, 0.2) is 9.84 Å². The Bertz CT molecular complexity index is 333. The van der Waals surface area contributed by atoms with Crippen molar-refractivity contribution in [2.45, 2.75) is 74.3 Å². The summed E-state index contributed by atoms with van der Waals surface area (Å²) in [5.41, 5.74) is 0. The molecule has 0 spiro atoms. The lowest BCUT2D eigenvalue weighted by molar-refractivity contribution is 0.474. The van der Waals surface area contributed by atoms with E-state index in [9.17, 15) is 8.42 Å². The topological polar surface area (TPSA) is 46.2 Å². The predicted octanol–water partition coefficient (Wildman–Crippen LogP) is 2.26. The standard InChI is InChI=1S/C13H25NO2S/c1-14-12-9-3-2-4-10-13(12)17(15,16)11-7-5-6-8-11/h11-14H,2-10H2,1H3. The second kappa shape index (κ2) is 5.70. The molecule has 2 unspecified atom stereocenters. The van der Waals surface area contributed by atoms with E-state index >= 15 is 0 Å². The van der Waals surface area contributed by atoms with Gasteiger partial charge in [0.1, 0.15) is 0 Å². The van der Waals surface area contributed by atoms with E-state index in [1.54, 1.807) is 0 Å². The van der Waals surface area contributed by atoms with Crippen molar-refractivity contribution >= 4 is 9.84 Å². The Balaban J connectivity index is 2.16. The van der Waals surface area contributed by atoms with Crippen molar-refractivity contribution in [3.63, 3.8) is 0 Å². The zero-order valence-corrected chi connectivity index (χ0v) is 11.6. The smallest absolute Gasteiger partial charge is 0.157 e. The van der Waals surface area contributed by atoms with Crippen molar-refractivity contribution in [3.8, 4) is 0 Å². The van der Waals surface area contributed by atoms with Gasteiger partial charge in [-0.25, -0.2) is 8.42 Å². The minimum Gasteiger partial charge on any atom is -0.316 e. The fourth-order valence-corrected chi connectivity index (χ4v) is 6.17. The lowest BCUT2D eigenvalue weighted by Gasteiger charge is -2.27. The van der Waals surface area contributed by atoms with Gasteiger partial charge in [-0.1, -0.05) is 32.1 Å². The molecule has 2 fully saturated rings. The van der Waals surface area contributed by atoms with Crippen LogP contribution in [0.1, 0.15) is 57.8 Å².